The van der Waals surface area contributed by atoms with Crippen LogP contribution in [0.1, 0.15) is 19.4 Å². The van der Waals surface area contributed by atoms with Crippen molar-refractivity contribution >= 4 is 5.91 Å². The SMILES string of the molecule is CCN(O)C(=O)C(C)Cc1ccc(F)cc1. The van der Waals surface area contributed by atoms with Crippen molar-refractivity contribution in [1.29, 1.82) is 0 Å². The summed E-state index contributed by atoms with van der Waals surface area (Å²) in [6.07, 6.45) is 0.496. The molecule has 88 valence electrons. The lowest BCUT2D eigenvalue weighted by molar-refractivity contribution is -0.168. The first-order valence-corrected chi connectivity index (χ1v) is 5.29. The maximum atomic E-state index is 12.7. The quantitative estimate of drug-likeness (QED) is 0.630. The smallest absolute Gasteiger partial charge is 0.249 e. The van der Waals surface area contributed by atoms with Crippen LogP contribution in [0.15, 0.2) is 24.3 Å². The van der Waals surface area contributed by atoms with Gasteiger partial charge in [-0.15, -0.1) is 0 Å². The lowest BCUT2D eigenvalue weighted by Crippen LogP contribution is -2.32. The summed E-state index contributed by atoms with van der Waals surface area (Å²) in [7, 11) is 0. The summed E-state index contributed by atoms with van der Waals surface area (Å²) in [6.45, 7) is 3.71. The van der Waals surface area contributed by atoms with Gasteiger partial charge in [-0.25, -0.2) is 9.45 Å². The minimum atomic E-state index is -0.313. The Morgan fingerprint density at radius 1 is 1.44 bits per heavy atom. The zero-order valence-corrected chi connectivity index (χ0v) is 9.48. The number of amides is 1. The molecule has 1 rings (SSSR count). The molecule has 3 nitrogen and oxygen atoms in total. The van der Waals surface area contributed by atoms with Crippen LogP contribution in [0.25, 0.3) is 0 Å². The zero-order valence-electron chi connectivity index (χ0n) is 9.48. The second-order valence-corrected chi connectivity index (χ2v) is 3.79. The maximum absolute atomic E-state index is 12.7. The fourth-order valence-electron chi connectivity index (χ4n) is 1.47. The molecule has 16 heavy (non-hydrogen) atoms. The first kappa shape index (κ1) is 12.6. The Labute approximate surface area is 94.5 Å². The van der Waals surface area contributed by atoms with Gasteiger partial charge in [0.05, 0.1) is 0 Å². The second-order valence-electron chi connectivity index (χ2n) is 3.79. The van der Waals surface area contributed by atoms with Gasteiger partial charge in [0.15, 0.2) is 0 Å². The van der Waals surface area contributed by atoms with Crippen molar-refractivity contribution in [2.24, 2.45) is 5.92 Å². The third-order valence-corrected chi connectivity index (χ3v) is 2.43. The first-order valence-electron chi connectivity index (χ1n) is 5.29. The topological polar surface area (TPSA) is 40.5 Å². The Morgan fingerprint density at radius 2 is 2.00 bits per heavy atom. The Balaban J connectivity index is 2.60. The van der Waals surface area contributed by atoms with Gasteiger partial charge in [0.25, 0.3) is 0 Å². The molecule has 0 heterocycles. The Kier molecular flexibility index (Phi) is 4.43. The van der Waals surface area contributed by atoms with Gasteiger partial charge in [-0.2, -0.15) is 0 Å². The predicted octanol–water partition coefficient (Wildman–Crippen LogP) is 2.24. The fourth-order valence-corrected chi connectivity index (χ4v) is 1.47. The van der Waals surface area contributed by atoms with Crippen LogP contribution < -0.4 is 0 Å². The van der Waals surface area contributed by atoms with Crippen LogP contribution in [0, 0.1) is 11.7 Å². The monoisotopic (exact) mass is 225 g/mol. The van der Waals surface area contributed by atoms with E-state index in [-0.39, 0.29) is 24.2 Å². The molecule has 0 spiro atoms. The normalized spacial score (nSPS) is 12.2. The zero-order chi connectivity index (χ0) is 12.1. The predicted molar refractivity (Wildman–Crippen MR) is 58.4 cm³/mol. The van der Waals surface area contributed by atoms with Crippen molar-refractivity contribution in [2.45, 2.75) is 20.3 Å². The molecule has 1 N–H and O–H groups in total. The number of carbonyl (C=O) groups is 1. The number of hydroxylamine groups is 2. The Morgan fingerprint density at radius 3 is 2.50 bits per heavy atom. The minimum Gasteiger partial charge on any atom is -0.286 e. The number of carbonyl (C=O) groups excluding carboxylic acids is 1. The van der Waals surface area contributed by atoms with Gasteiger partial charge < -0.3 is 0 Å². The van der Waals surface area contributed by atoms with Gasteiger partial charge in [0, 0.05) is 12.5 Å². The van der Waals surface area contributed by atoms with Crippen LogP contribution in [0.3, 0.4) is 0 Å². The van der Waals surface area contributed by atoms with Crippen molar-refractivity contribution in [2.75, 3.05) is 6.54 Å². The highest BCUT2D eigenvalue weighted by Gasteiger charge is 2.18. The highest BCUT2D eigenvalue weighted by Crippen LogP contribution is 2.11. The Bertz CT molecular complexity index is 351. The van der Waals surface area contributed by atoms with Crippen LogP contribution in [-0.2, 0) is 11.2 Å². The highest BCUT2D eigenvalue weighted by molar-refractivity contribution is 5.77. The van der Waals surface area contributed by atoms with Gasteiger partial charge in [0.1, 0.15) is 5.82 Å². The molecule has 0 radical (unpaired) electrons. The van der Waals surface area contributed by atoms with Crippen molar-refractivity contribution < 1.29 is 14.4 Å². The standard InChI is InChI=1S/C12H16FNO2/c1-3-14(16)12(15)9(2)8-10-4-6-11(13)7-5-10/h4-7,9,16H,3,8H2,1-2H3. The van der Waals surface area contributed by atoms with E-state index in [1.807, 2.05) is 0 Å². The maximum Gasteiger partial charge on any atom is 0.249 e. The molecular formula is C12H16FNO2. The molecule has 4 heteroatoms. The minimum absolute atomic E-state index is 0.270. The molecule has 1 aromatic carbocycles. The van der Waals surface area contributed by atoms with Crippen molar-refractivity contribution in [3.63, 3.8) is 0 Å². The molecule has 0 bridgehead atoms. The molecule has 0 aliphatic rings. The third-order valence-electron chi connectivity index (χ3n) is 2.43. The summed E-state index contributed by atoms with van der Waals surface area (Å²) in [5, 5.41) is 9.95. The molecular weight excluding hydrogens is 209 g/mol. The summed E-state index contributed by atoms with van der Waals surface area (Å²) < 4.78 is 12.7. The summed E-state index contributed by atoms with van der Waals surface area (Å²) in [5.74, 6) is -0.915. The average molecular weight is 225 g/mol. The van der Waals surface area contributed by atoms with E-state index in [4.69, 9.17) is 0 Å². The summed E-state index contributed by atoms with van der Waals surface area (Å²) in [5.41, 5.74) is 0.881. The third kappa shape index (κ3) is 3.31. The average Bonchev–Trinajstić information content (AvgIpc) is 2.30. The van der Waals surface area contributed by atoms with Crippen molar-refractivity contribution in [1.82, 2.24) is 5.06 Å². The molecule has 0 aromatic heterocycles. The molecule has 1 unspecified atom stereocenters. The van der Waals surface area contributed by atoms with E-state index < -0.39 is 0 Å². The molecule has 0 aliphatic heterocycles. The van der Waals surface area contributed by atoms with Crippen molar-refractivity contribution in [3.05, 3.63) is 35.6 Å². The van der Waals surface area contributed by atoms with Gasteiger partial charge in [-0.3, -0.25) is 10.0 Å². The van der Waals surface area contributed by atoms with Crippen LogP contribution in [0.4, 0.5) is 4.39 Å². The van der Waals surface area contributed by atoms with E-state index in [1.165, 1.54) is 12.1 Å². The number of nitrogens with zero attached hydrogens (tertiary/aromatic N) is 1. The van der Waals surface area contributed by atoms with Crippen LogP contribution >= 0.6 is 0 Å². The molecule has 1 aromatic rings. The van der Waals surface area contributed by atoms with Crippen LogP contribution in [0.2, 0.25) is 0 Å². The molecule has 1 atom stereocenters. The summed E-state index contributed by atoms with van der Waals surface area (Å²) in [4.78, 5) is 11.5. The van der Waals surface area contributed by atoms with Gasteiger partial charge in [-0.1, -0.05) is 19.1 Å². The lowest BCUT2D eigenvalue weighted by atomic mass is 10.0. The Hall–Kier alpha value is -1.42. The molecule has 0 saturated heterocycles. The van der Waals surface area contributed by atoms with E-state index in [1.54, 1.807) is 26.0 Å². The van der Waals surface area contributed by atoms with Gasteiger partial charge in [-0.05, 0) is 31.0 Å². The van der Waals surface area contributed by atoms with E-state index >= 15 is 0 Å². The van der Waals surface area contributed by atoms with E-state index in [0.29, 0.717) is 11.5 Å². The summed E-state index contributed by atoms with van der Waals surface area (Å²) in [6, 6.07) is 6.02. The van der Waals surface area contributed by atoms with Crippen LogP contribution in [0.5, 0.6) is 0 Å². The molecule has 0 aliphatic carbocycles. The molecule has 0 saturated carbocycles. The second kappa shape index (κ2) is 5.61. The number of hydrogen-bond donors (Lipinski definition) is 1. The summed E-state index contributed by atoms with van der Waals surface area (Å²) >= 11 is 0. The largest absolute Gasteiger partial charge is 0.286 e. The first-order chi connectivity index (χ1) is 7.54. The number of rotatable bonds is 4. The highest BCUT2D eigenvalue weighted by atomic mass is 19.1. The number of halogens is 1. The van der Waals surface area contributed by atoms with Gasteiger partial charge >= 0.3 is 0 Å². The molecule has 0 fully saturated rings. The number of hydrogen-bond acceptors (Lipinski definition) is 2. The van der Waals surface area contributed by atoms with E-state index in [0.717, 1.165) is 5.56 Å². The van der Waals surface area contributed by atoms with Gasteiger partial charge in [0.2, 0.25) is 5.91 Å². The van der Waals surface area contributed by atoms with E-state index in [9.17, 15) is 14.4 Å². The van der Waals surface area contributed by atoms with E-state index in [2.05, 4.69) is 0 Å². The fraction of sp³-hybridized carbons (Fsp3) is 0.417. The lowest BCUT2D eigenvalue weighted by Gasteiger charge is -2.17. The number of benzene rings is 1. The van der Waals surface area contributed by atoms with Crippen molar-refractivity contribution in [3.8, 4) is 0 Å². The van der Waals surface area contributed by atoms with Crippen LogP contribution in [-0.4, -0.2) is 22.7 Å². The molecule has 1 amide bonds.